The molecule has 0 aliphatic heterocycles. The maximum absolute atomic E-state index is 12.9. The number of halogens is 3. The number of hydrogen-bond acceptors (Lipinski definition) is 2. The first kappa shape index (κ1) is 13.7. The van der Waals surface area contributed by atoms with Gasteiger partial charge in [0.25, 0.3) is 0 Å². The minimum atomic E-state index is -4.75. The van der Waals surface area contributed by atoms with E-state index in [-0.39, 0.29) is 5.56 Å². The summed E-state index contributed by atoms with van der Waals surface area (Å²) in [6.07, 6.45) is -4.75. The Morgan fingerprint density at radius 3 is 2.37 bits per heavy atom. The molecule has 1 atom stereocenters. The van der Waals surface area contributed by atoms with Gasteiger partial charge in [0.05, 0.1) is 7.11 Å². The van der Waals surface area contributed by atoms with E-state index in [1.807, 2.05) is 0 Å². The van der Waals surface area contributed by atoms with E-state index < -0.39 is 11.8 Å². The monoisotopic (exact) mass is 270 g/mol. The van der Waals surface area contributed by atoms with Crippen molar-refractivity contribution in [2.75, 3.05) is 7.11 Å². The van der Waals surface area contributed by atoms with Gasteiger partial charge in [0, 0.05) is 5.56 Å². The lowest BCUT2D eigenvalue weighted by molar-refractivity contribution is -0.258. The van der Waals surface area contributed by atoms with Crippen molar-refractivity contribution in [1.29, 1.82) is 0 Å². The Labute approximate surface area is 108 Å². The number of ether oxygens (including phenoxy) is 1. The fourth-order valence-corrected chi connectivity index (χ4v) is 1.96. The van der Waals surface area contributed by atoms with Gasteiger partial charge < -0.3 is 9.84 Å². The zero-order valence-electron chi connectivity index (χ0n) is 10.5. The molecule has 0 saturated carbocycles. The third kappa shape index (κ3) is 2.26. The molecule has 0 heterocycles. The van der Waals surface area contributed by atoms with Gasteiger partial charge in [-0.05, 0) is 29.8 Å². The predicted molar refractivity (Wildman–Crippen MR) is 66.1 cm³/mol. The van der Waals surface area contributed by atoms with Crippen LogP contribution in [0.15, 0.2) is 36.4 Å². The molecule has 0 aliphatic carbocycles. The van der Waals surface area contributed by atoms with E-state index in [4.69, 9.17) is 4.74 Å². The normalized spacial score (nSPS) is 15.3. The summed E-state index contributed by atoms with van der Waals surface area (Å²) in [5, 5.41) is 10.8. The van der Waals surface area contributed by atoms with E-state index in [0.29, 0.717) is 16.5 Å². The Hall–Kier alpha value is -1.75. The molecule has 0 aromatic heterocycles. The molecule has 0 saturated heterocycles. The molecule has 0 fully saturated rings. The molecule has 19 heavy (non-hydrogen) atoms. The fourth-order valence-electron chi connectivity index (χ4n) is 1.96. The lowest BCUT2D eigenvalue weighted by atomic mass is 9.90. The number of hydrogen-bond donors (Lipinski definition) is 1. The maximum atomic E-state index is 12.9. The quantitative estimate of drug-likeness (QED) is 0.903. The highest BCUT2D eigenvalue weighted by molar-refractivity contribution is 5.87. The van der Waals surface area contributed by atoms with E-state index in [1.165, 1.54) is 25.3 Å². The molecule has 2 rings (SSSR count). The maximum Gasteiger partial charge on any atom is 0.421 e. The van der Waals surface area contributed by atoms with Crippen LogP contribution in [0, 0.1) is 0 Å². The van der Waals surface area contributed by atoms with Crippen LogP contribution in [0.3, 0.4) is 0 Å². The van der Waals surface area contributed by atoms with Crippen molar-refractivity contribution in [2.45, 2.75) is 18.7 Å². The Kier molecular flexibility index (Phi) is 3.18. The van der Waals surface area contributed by atoms with Crippen molar-refractivity contribution in [2.24, 2.45) is 0 Å². The van der Waals surface area contributed by atoms with Crippen LogP contribution in [0.5, 0.6) is 5.75 Å². The van der Waals surface area contributed by atoms with Gasteiger partial charge in [-0.3, -0.25) is 0 Å². The molecule has 0 amide bonds. The highest BCUT2D eigenvalue weighted by atomic mass is 19.4. The molecule has 1 N–H and O–H groups in total. The van der Waals surface area contributed by atoms with Gasteiger partial charge in [-0.25, -0.2) is 0 Å². The standard InChI is InChI=1S/C14H13F3O2/c1-13(18,14(15,16)17)12-5-3-4-9-6-7-10(19-2)8-11(9)12/h3-8,18H,1-2H3. The number of benzene rings is 2. The Morgan fingerprint density at radius 2 is 1.79 bits per heavy atom. The van der Waals surface area contributed by atoms with Crippen molar-refractivity contribution in [1.82, 2.24) is 0 Å². The van der Waals surface area contributed by atoms with Gasteiger partial charge in [0.15, 0.2) is 5.60 Å². The van der Waals surface area contributed by atoms with Crippen molar-refractivity contribution in [3.8, 4) is 5.75 Å². The third-order valence-electron chi connectivity index (χ3n) is 3.17. The Balaban J connectivity index is 2.73. The summed E-state index contributed by atoms with van der Waals surface area (Å²) in [7, 11) is 1.44. The highest BCUT2D eigenvalue weighted by Gasteiger charge is 2.51. The average molecular weight is 270 g/mol. The smallest absolute Gasteiger partial charge is 0.421 e. The van der Waals surface area contributed by atoms with Gasteiger partial charge in [0.1, 0.15) is 5.75 Å². The van der Waals surface area contributed by atoms with E-state index >= 15 is 0 Å². The van der Waals surface area contributed by atoms with E-state index in [2.05, 4.69) is 0 Å². The van der Waals surface area contributed by atoms with Crippen LogP contribution < -0.4 is 4.74 Å². The molecule has 102 valence electrons. The summed E-state index contributed by atoms with van der Waals surface area (Å²) >= 11 is 0. The number of aliphatic hydroxyl groups is 1. The topological polar surface area (TPSA) is 29.5 Å². The fraction of sp³-hybridized carbons (Fsp3) is 0.286. The van der Waals surface area contributed by atoms with Crippen molar-refractivity contribution in [3.63, 3.8) is 0 Å². The van der Waals surface area contributed by atoms with Crippen LogP contribution in [0.2, 0.25) is 0 Å². The predicted octanol–water partition coefficient (Wildman–Crippen LogP) is 3.62. The summed E-state index contributed by atoms with van der Waals surface area (Å²) in [5.41, 5.74) is -3.09. The van der Waals surface area contributed by atoms with Gasteiger partial charge >= 0.3 is 6.18 Å². The molecular weight excluding hydrogens is 257 g/mol. The third-order valence-corrected chi connectivity index (χ3v) is 3.17. The summed E-state index contributed by atoms with van der Waals surface area (Å²) < 4.78 is 43.9. The van der Waals surface area contributed by atoms with Crippen LogP contribution in [-0.2, 0) is 5.60 Å². The first-order valence-electron chi connectivity index (χ1n) is 5.63. The van der Waals surface area contributed by atoms with Crippen molar-refractivity contribution in [3.05, 3.63) is 42.0 Å². The van der Waals surface area contributed by atoms with Gasteiger partial charge in [-0.15, -0.1) is 0 Å². The van der Waals surface area contributed by atoms with Gasteiger partial charge in [-0.2, -0.15) is 13.2 Å². The summed E-state index contributed by atoms with van der Waals surface area (Å²) in [6.45, 7) is 0.751. The first-order valence-corrected chi connectivity index (χ1v) is 5.63. The van der Waals surface area contributed by atoms with Gasteiger partial charge in [-0.1, -0.05) is 24.3 Å². The summed E-state index contributed by atoms with van der Waals surface area (Å²) in [4.78, 5) is 0. The second kappa shape index (κ2) is 4.42. The van der Waals surface area contributed by atoms with Crippen molar-refractivity contribution >= 4 is 10.8 Å². The van der Waals surface area contributed by atoms with Crippen LogP contribution in [0.4, 0.5) is 13.2 Å². The van der Waals surface area contributed by atoms with Crippen LogP contribution >= 0.6 is 0 Å². The van der Waals surface area contributed by atoms with Crippen LogP contribution in [0.25, 0.3) is 10.8 Å². The molecule has 2 nitrogen and oxygen atoms in total. The van der Waals surface area contributed by atoms with E-state index in [9.17, 15) is 18.3 Å². The van der Waals surface area contributed by atoms with Crippen molar-refractivity contribution < 1.29 is 23.0 Å². The largest absolute Gasteiger partial charge is 0.497 e. The molecule has 0 bridgehead atoms. The second-order valence-corrected chi connectivity index (χ2v) is 4.46. The molecule has 2 aromatic rings. The molecular formula is C14H13F3O2. The molecule has 2 aromatic carbocycles. The summed E-state index contributed by atoms with van der Waals surface area (Å²) in [5.74, 6) is 0.443. The zero-order chi connectivity index (χ0) is 14.3. The lowest BCUT2D eigenvalue weighted by Crippen LogP contribution is -2.39. The molecule has 0 aliphatic rings. The van der Waals surface area contributed by atoms with Crippen LogP contribution in [0.1, 0.15) is 12.5 Å². The highest BCUT2D eigenvalue weighted by Crippen LogP contribution is 2.41. The minimum Gasteiger partial charge on any atom is -0.497 e. The number of fused-ring (bicyclic) bond motifs is 1. The van der Waals surface area contributed by atoms with Gasteiger partial charge in [0.2, 0.25) is 0 Å². The number of methoxy groups -OCH3 is 1. The Morgan fingerprint density at radius 1 is 1.11 bits per heavy atom. The van der Waals surface area contributed by atoms with E-state index in [1.54, 1.807) is 18.2 Å². The SMILES string of the molecule is COc1ccc2cccc(C(C)(O)C(F)(F)F)c2c1. The van der Waals surface area contributed by atoms with Crippen LogP contribution in [-0.4, -0.2) is 18.4 Å². The zero-order valence-corrected chi connectivity index (χ0v) is 10.5. The first-order chi connectivity index (χ1) is 8.77. The number of alkyl halides is 3. The molecule has 5 heteroatoms. The second-order valence-electron chi connectivity index (χ2n) is 4.46. The number of rotatable bonds is 2. The molecule has 0 radical (unpaired) electrons. The Bertz CT molecular complexity index is 603. The molecule has 1 unspecified atom stereocenters. The molecule has 0 spiro atoms. The summed E-state index contributed by atoms with van der Waals surface area (Å²) in [6, 6.07) is 9.26. The average Bonchev–Trinajstić information content (AvgIpc) is 2.35. The minimum absolute atomic E-state index is 0.184. The van der Waals surface area contributed by atoms with E-state index in [0.717, 1.165) is 6.92 Å². The lowest BCUT2D eigenvalue weighted by Gasteiger charge is -2.28.